The molecule has 0 aromatic carbocycles. The lowest BCUT2D eigenvalue weighted by atomic mass is 10.3. The van der Waals surface area contributed by atoms with Gasteiger partial charge in [0, 0.05) is 0 Å². The van der Waals surface area contributed by atoms with Gasteiger partial charge in [-0.2, -0.15) is 8.42 Å². The average molecular weight is 150 g/mol. The average Bonchev–Trinajstić information content (AvgIpc) is 1.97. The Kier molecular flexibility index (Phi) is 1.32. The molecule has 9 heavy (non-hydrogen) atoms. The van der Waals surface area contributed by atoms with Crippen LogP contribution >= 0.6 is 0 Å². The summed E-state index contributed by atoms with van der Waals surface area (Å²) in [7, 11) is -3.52. The lowest BCUT2D eigenvalue weighted by Gasteiger charge is -1.92. The molecule has 52 valence electrons. The molecule has 1 fully saturated rings. The summed E-state index contributed by atoms with van der Waals surface area (Å²) in [6.45, 7) is 1.04. The fraction of sp³-hybridized carbons (Fsp3) is 0.750. The number of rotatable bonds is 0. The number of hydrogen-bond donors (Lipinski definition) is 0. The molecular weight excluding hydrogens is 144 g/mol. The van der Waals surface area contributed by atoms with Crippen molar-refractivity contribution in [2.45, 2.75) is 12.2 Å². The second kappa shape index (κ2) is 1.78. The van der Waals surface area contributed by atoms with E-state index >= 15 is 0 Å². The first kappa shape index (κ1) is 6.70. The van der Waals surface area contributed by atoms with Crippen LogP contribution in [0.25, 0.3) is 0 Å². The maximum Gasteiger partial charge on any atom is 0.277 e. The molecule has 1 aliphatic rings. The predicted molar refractivity (Wildman–Crippen MR) is 29.3 cm³/mol. The van der Waals surface area contributed by atoms with Gasteiger partial charge in [-0.25, -0.2) is 0 Å². The molecular formula is C4H6O4S. The number of Topliss-reactive ketones (excluding diaryl/α,β-unsaturated/α-hetero) is 1. The van der Waals surface area contributed by atoms with Crippen molar-refractivity contribution in [1.29, 1.82) is 0 Å². The summed E-state index contributed by atoms with van der Waals surface area (Å²) in [4.78, 5) is 10.5. The topological polar surface area (TPSA) is 60.4 Å². The maximum absolute atomic E-state index is 10.5. The van der Waals surface area contributed by atoms with E-state index in [2.05, 4.69) is 4.18 Å². The number of carbonyl (C=O) groups excluding carboxylic acids is 1. The first-order valence-electron chi connectivity index (χ1n) is 2.45. The third kappa shape index (κ3) is 0.972. The molecule has 0 aliphatic carbocycles. The van der Waals surface area contributed by atoms with Gasteiger partial charge in [-0.15, -0.1) is 0 Å². The third-order valence-electron chi connectivity index (χ3n) is 1.25. The lowest BCUT2D eigenvalue weighted by molar-refractivity contribution is -0.118. The van der Waals surface area contributed by atoms with E-state index in [0.29, 0.717) is 0 Å². The summed E-state index contributed by atoms with van der Waals surface area (Å²) in [6, 6.07) is 0. The minimum Gasteiger partial charge on any atom is -0.295 e. The number of ketones is 1. The first-order chi connectivity index (χ1) is 4.04. The predicted octanol–water partition coefficient (Wildman–Crippen LogP) is -0.696. The van der Waals surface area contributed by atoms with Crippen molar-refractivity contribution in [3.8, 4) is 0 Å². The van der Waals surface area contributed by atoms with E-state index in [0.717, 1.165) is 0 Å². The van der Waals surface area contributed by atoms with Crippen LogP contribution in [0.1, 0.15) is 6.92 Å². The van der Waals surface area contributed by atoms with E-state index in [9.17, 15) is 13.2 Å². The van der Waals surface area contributed by atoms with Gasteiger partial charge in [-0.1, -0.05) is 0 Å². The molecule has 0 spiro atoms. The maximum atomic E-state index is 10.5. The van der Waals surface area contributed by atoms with Gasteiger partial charge in [0.05, 0.1) is 0 Å². The molecule has 0 aromatic heterocycles. The standard InChI is InChI=1S/C4H6O4S/c1-3-4(5)2-8-9(3,6)7/h3H,2H2,1H3. The third-order valence-corrected chi connectivity index (χ3v) is 2.83. The molecule has 1 unspecified atom stereocenters. The van der Waals surface area contributed by atoms with Crippen LogP contribution in [0.2, 0.25) is 0 Å². The summed E-state index contributed by atoms with van der Waals surface area (Å²) in [5, 5.41) is -0.961. The molecule has 1 aliphatic heterocycles. The van der Waals surface area contributed by atoms with Gasteiger partial charge < -0.3 is 0 Å². The molecule has 0 amide bonds. The number of carbonyl (C=O) groups is 1. The Labute approximate surface area is 52.9 Å². The highest BCUT2D eigenvalue weighted by molar-refractivity contribution is 7.88. The van der Waals surface area contributed by atoms with Crippen molar-refractivity contribution in [3.63, 3.8) is 0 Å². The minimum absolute atomic E-state index is 0.288. The molecule has 0 saturated carbocycles. The first-order valence-corrected chi connectivity index (χ1v) is 3.92. The smallest absolute Gasteiger partial charge is 0.277 e. The Hall–Kier alpha value is -0.420. The van der Waals surface area contributed by atoms with E-state index in [1.165, 1.54) is 6.92 Å². The highest BCUT2D eigenvalue weighted by Crippen LogP contribution is 2.12. The van der Waals surface area contributed by atoms with E-state index in [4.69, 9.17) is 0 Å². The molecule has 0 aromatic rings. The van der Waals surface area contributed by atoms with Crippen LogP contribution in [-0.2, 0) is 19.1 Å². The Balaban J connectivity index is 3.00. The van der Waals surface area contributed by atoms with Gasteiger partial charge in [0.1, 0.15) is 11.9 Å². The summed E-state index contributed by atoms with van der Waals surface area (Å²) >= 11 is 0. The van der Waals surface area contributed by atoms with Gasteiger partial charge >= 0.3 is 0 Å². The fourth-order valence-corrected chi connectivity index (χ4v) is 1.40. The van der Waals surface area contributed by atoms with Crippen molar-refractivity contribution in [3.05, 3.63) is 0 Å². The Morgan fingerprint density at radius 1 is 1.67 bits per heavy atom. The van der Waals surface area contributed by atoms with E-state index in [1.807, 2.05) is 0 Å². The molecule has 1 atom stereocenters. The van der Waals surface area contributed by atoms with Crippen LogP contribution in [0.4, 0.5) is 0 Å². The van der Waals surface area contributed by atoms with E-state index in [-0.39, 0.29) is 12.4 Å². The second-order valence-electron chi connectivity index (χ2n) is 1.86. The zero-order chi connectivity index (χ0) is 7.07. The van der Waals surface area contributed by atoms with Crippen LogP contribution in [0.15, 0.2) is 0 Å². The summed E-state index contributed by atoms with van der Waals surface area (Å²) in [5.41, 5.74) is 0. The van der Waals surface area contributed by atoms with Crippen molar-refractivity contribution in [2.24, 2.45) is 0 Å². The monoisotopic (exact) mass is 150 g/mol. The Morgan fingerprint density at radius 2 is 2.22 bits per heavy atom. The molecule has 5 heteroatoms. The zero-order valence-electron chi connectivity index (χ0n) is 4.83. The summed E-state index contributed by atoms with van der Waals surface area (Å²) in [6.07, 6.45) is 0. The summed E-state index contributed by atoms with van der Waals surface area (Å²) < 4.78 is 25.2. The van der Waals surface area contributed by atoms with Crippen molar-refractivity contribution < 1.29 is 17.4 Å². The number of hydrogen-bond acceptors (Lipinski definition) is 4. The molecule has 4 nitrogen and oxygen atoms in total. The highest BCUT2D eigenvalue weighted by atomic mass is 32.2. The van der Waals surface area contributed by atoms with Gasteiger partial charge in [0.2, 0.25) is 0 Å². The normalized spacial score (nSPS) is 33.0. The molecule has 0 bridgehead atoms. The van der Waals surface area contributed by atoms with Gasteiger partial charge in [0.15, 0.2) is 5.78 Å². The van der Waals surface area contributed by atoms with Crippen LogP contribution in [0, 0.1) is 0 Å². The minimum atomic E-state index is -3.52. The fourth-order valence-electron chi connectivity index (χ4n) is 0.521. The Bertz CT molecular complexity index is 227. The van der Waals surface area contributed by atoms with Crippen molar-refractivity contribution >= 4 is 15.9 Å². The van der Waals surface area contributed by atoms with Gasteiger partial charge in [-0.3, -0.25) is 8.98 Å². The zero-order valence-corrected chi connectivity index (χ0v) is 5.64. The molecule has 1 rings (SSSR count). The molecule has 0 radical (unpaired) electrons. The quantitative estimate of drug-likeness (QED) is 0.428. The van der Waals surface area contributed by atoms with Gasteiger partial charge in [-0.05, 0) is 6.92 Å². The van der Waals surface area contributed by atoms with Crippen molar-refractivity contribution in [2.75, 3.05) is 6.61 Å². The van der Waals surface area contributed by atoms with Crippen LogP contribution < -0.4 is 0 Å². The second-order valence-corrected chi connectivity index (χ2v) is 3.79. The summed E-state index contributed by atoms with van der Waals surface area (Å²) in [5.74, 6) is -0.366. The van der Waals surface area contributed by atoms with Crippen LogP contribution in [0.5, 0.6) is 0 Å². The molecule has 1 saturated heterocycles. The highest BCUT2D eigenvalue weighted by Gasteiger charge is 2.36. The van der Waals surface area contributed by atoms with Crippen LogP contribution in [0.3, 0.4) is 0 Å². The van der Waals surface area contributed by atoms with E-state index in [1.54, 1.807) is 0 Å². The van der Waals surface area contributed by atoms with Gasteiger partial charge in [0.25, 0.3) is 10.1 Å². The van der Waals surface area contributed by atoms with Crippen molar-refractivity contribution in [1.82, 2.24) is 0 Å². The SMILES string of the molecule is CC1C(=O)COS1(=O)=O. The largest absolute Gasteiger partial charge is 0.295 e. The molecule has 0 N–H and O–H groups in total. The molecule has 1 heterocycles. The Morgan fingerprint density at radius 3 is 2.33 bits per heavy atom. The lowest BCUT2D eigenvalue weighted by Crippen LogP contribution is -2.17. The van der Waals surface area contributed by atoms with Crippen LogP contribution in [-0.4, -0.2) is 26.1 Å². The van der Waals surface area contributed by atoms with E-state index < -0.39 is 15.4 Å².